The predicted octanol–water partition coefficient (Wildman–Crippen LogP) is -0.469. The van der Waals surface area contributed by atoms with Crippen molar-refractivity contribution in [3.63, 3.8) is 0 Å². The van der Waals surface area contributed by atoms with Gasteiger partial charge in [0.25, 0.3) is 0 Å². The van der Waals surface area contributed by atoms with Crippen LogP contribution in [-0.2, 0) is 0 Å². The molecule has 1 aliphatic rings. The van der Waals surface area contributed by atoms with Gasteiger partial charge in [0.05, 0.1) is 13.1 Å². The molecule has 1 heterocycles. The van der Waals surface area contributed by atoms with Gasteiger partial charge in [-0.3, -0.25) is 0 Å². The van der Waals surface area contributed by atoms with Crippen LogP contribution in [0.25, 0.3) is 0 Å². The SMILES string of the molecule is CCCCCNC1C[NH+]([O-])C1. The predicted molar refractivity (Wildman–Crippen MR) is 45.4 cm³/mol. The van der Waals surface area contributed by atoms with Crippen LogP contribution in [0.4, 0.5) is 0 Å². The highest BCUT2D eigenvalue weighted by atomic mass is 16.5. The molecule has 0 aliphatic carbocycles. The van der Waals surface area contributed by atoms with Gasteiger partial charge in [0, 0.05) is 0 Å². The molecule has 1 fully saturated rings. The minimum Gasteiger partial charge on any atom is -0.634 e. The van der Waals surface area contributed by atoms with Crippen LogP contribution in [-0.4, -0.2) is 25.7 Å². The average molecular weight is 158 g/mol. The largest absolute Gasteiger partial charge is 0.634 e. The third kappa shape index (κ3) is 3.18. The summed E-state index contributed by atoms with van der Waals surface area (Å²) in [5, 5.41) is 14.3. The molecule has 0 unspecified atom stereocenters. The lowest BCUT2D eigenvalue weighted by molar-refractivity contribution is -0.893. The van der Waals surface area contributed by atoms with Crippen LogP contribution in [0.5, 0.6) is 0 Å². The first kappa shape index (κ1) is 8.97. The van der Waals surface area contributed by atoms with Gasteiger partial charge in [-0.15, -0.1) is 0 Å². The second-order valence-electron chi connectivity index (χ2n) is 3.31. The lowest BCUT2D eigenvalue weighted by Crippen LogP contribution is -3.18. The van der Waals surface area contributed by atoms with Crippen molar-refractivity contribution in [1.82, 2.24) is 5.32 Å². The summed E-state index contributed by atoms with van der Waals surface area (Å²) < 4.78 is 0. The number of rotatable bonds is 5. The van der Waals surface area contributed by atoms with E-state index in [2.05, 4.69) is 12.2 Å². The third-order valence-electron chi connectivity index (χ3n) is 2.16. The Morgan fingerprint density at radius 2 is 2.18 bits per heavy atom. The summed E-state index contributed by atoms with van der Waals surface area (Å²) in [7, 11) is 0. The minimum absolute atomic E-state index is 0.415. The summed E-state index contributed by atoms with van der Waals surface area (Å²) in [6, 6.07) is 0.513. The van der Waals surface area contributed by atoms with Crippen LogP contribution in [0.15, 0.2) is 0 Å². The lowest BCUT2D eigenvalue weighted by atomic mass is 10.1. The van der Waals surface area contributed by atoms with E-state index in [1.165, 1.54) is 19.3 Å². The van der Waals surface area contributed by atoms with Gasteiger partial charge in [-0.1, -0.05) is 19.8 Å². The van der Waals surface area contributed by atoms with Crippen LogP contribution < -0.4 is 10.4 Å². The van der Waals surface area contributed by atoms with Crippen molar-refractivity contribution in [2.75, 3.05) is 19.6 Å². The zero-order chi connectivity index (χ0) is 8.10. The smallest absolute Gasteiger partial charge is 0.107 e. The molecule has 0 aromatic heterocycles. The van der Waals surface area contributed by atoms with Gasteiger partial charge in [-0.2, -0.15) is 0 Å². The van der Waals surface area contributed by atoms with E-state index in [9.17, 15) is 5.21 Å². The maximum atomic E-state index is 10.6. The number of quaternary nitrogens is 1. The zero-order valence-corrected chi connectivity index (χ0v) is 7.23. The fourth-order valence-electron chi connectivity index (χ4n) is 1.32. The molecule has 0 atom stereocenters. The molecular formula is C8H18N2O. The number of hydrogen-bond acceptors (Lipinski definition) is 2. The molecule has 0 bridgehead atoms. The fraction of sp³-hybridized carbons (Fsp3) is 1.00. The van der Waals surface area contributed by atoms with Crippen molar-refractivity contribution < 1.29 is 5.06 Å². The van der Waals surface area contributed by atoms with E-state index in [-0.39, 0.29) is 0 Å². The molecule has 1 aliphatic heterocycles. The highest BCUT2D eigenvalue weighted by Gasteiger charge is 2.23. The van der Waals surface area contributed by atoms with Crippen LogP contribution >= 0.6 is 0 Å². The number of hydroxylamine groups is 2. The average Bonchev–Trinajstić information content (AvgIpc) is 1.94. The molecule has 1 rings (SSSR count). The van der Waals surface area contributed by atoms with Crippen molar-refractivity contribution in [2.45, 2.75) is 32.2 Å². The molecule has 0 amide bonds. The van der Waals surface area contributed by atoms with Crippen molar-refractivity contribution in [3.05, 3.63) is 5.21 Å². The molecule has 11 heavy (non-hydrogen) atoms. The van der Waals surface area contributed by atoms with Crippen molar-refractivity contribution in [1.29, 1.82) is 0 Å². The van der Waals surface area contributed by atoms with E-state index in [1.54, 1.807) is 0 Å². The first-order valence-electron chi connectivity index (χ1n) is 4.58. The Morgan fingerprint density at radius 1 is 1.45 bits per heavy atom. The molecule has 0 radical (unpaired) electrons. The van der Waals surface area contributed by atoms with E-state index >= 15 is 0 Å². The molecule has 66 valence electrons. The van der Waals surface area contributed by atoms with Gasteiger partial charge >= 0.3 is 0 Å². The van der Waals surface area contributed by atoms with Crippen LogP contribution in [0.2, 0.25) is 0 Å². The Labute approximate surface area is 68.3 Å². The minimum atomic E-state index is 0.415. The highest BCUT2D eigenvalue weighted by molar-refractivity contribution is 4.70. The van der Waals surface area contributed by atoms with Gasteiger partial charge in [0.1, 0.15) is 6.04 Å². The molecule has 3 nitrogen and oxygen atoms in total. The van der Waals surface area contributed by atoms with Gasteiger partial charge < -0.3 is 15.6 Å². The van der Waals surface area contributed by atoms with E-state index in [4.69, 9.17) is 0 Å². The second-order valence-corrected chi connectivity index (χ2v) is 3.31. The maximum absolute atomic E-state index is 10.6. The summed E-state index contributed by atoms with van der Waals surface area (Å²) in [4.78, 5) is 0. The topological polar surface area (TPSA) is 39.5 Å². The van der Waals surface area contributed by atoms with Crippen molar-refractivity contribution >= 4 is 0 Å². The fourth-order valence-corrected chi connectivity index (χ4v) is 1.32. The van der Waals surface area contributed by atoms with Crippen LogP contribution in [0.3, 0.4) is 0 Å². The Kier molecular flexibility index (Phi) is 3.83. The zero-order valence-electron chi connectivity index (χ0n) is 7.23. The van der Waals surface area contributed by atoms with Crippen molar-refractivity contribution in [3.8, 4) is 0 Å². The van der Waals surface area contributed by atoms with Gasteiger partial charge in [-0.25, -0.2) is 0 Å². The van der Waals surface area contributed by atoms with Gasteiger partial charge in [0.15, 0.2) is 0 Å². The van der Waals surface area contributed by atoms with Crippen molar-refractivity contribution in [2.24, 2.45) is 0 Å². The van der Waals surface area contributed by atoms with Gasteiger partial charge in [0.2, 0.25) is 0 Å². The van der Waals surface area contributed by atoms with Crippen LogP contribution in [0, 0.1) is 5.21 Å². The van der Waals surface area contributed by atoms with E-state index in [0.29, 0.717) is 11.1 Å². The summed E-state index contributed by atoms with van der Waals surface area (Å²) in [5.74, 6) is 0. The molecule has 1 saturated heterocycles. The Bertz CT molecular complexity index is 102. The van der Waals surface area contributed by atoms with Gasteiger partial charge in [-0.05, 0) is 13.0 Å². The van der Waals surface area contributed by atoms with E-state index in [0.717, 1.165) is 19.6 Å². The second kappa shape index (κ2) is 4.70. The van der Waals surface area contributed by atoms with E-state index in [1.807, 2.05) is 0 Å². The Hall–Kier alpha value is -0.120. The third-order valence-corrected chi connectivity index (χ3v) is 2.16. The Balaban J connectivity index is 1.81. The summed E-state index contributed by atoms with van der Waals surface area (Å²) in [5.41, 5.74) is 0. The molecule has 0 aromatic rings. The standard InChI is InChI=1S/C8H18N2O/c1-2-3-4-5-9-8-6-10(11)7-8/h8-10H,2-7H2,1H3. The quantitative estimate of drug-likeness (QED) is 0.419. The monoisotopic (exact) mass is 158 g/mol. The molecular weight excluding hydrogens is 140 g/mol. The number of nitrogens with one attached hydrogen (secondary N) is 2. The van der Waals surface area contributed by atoms with Crippen LogP contribution in [0.1, 0.15) is 26.2 Å². The molecule has 0 aromatic carbocycles. The highest BCUT2D eigenvalue weighted by Crippen LogP contribution is 1.92. The maximum Gasteiger partial charge on any atom is 0.107 e. The number of hydrogen-bond donors (Lipinski definition) is 2. The molecule has 0 saturated carbocycles. The lowest BCUT2D eigenvalue weighted by Gasteiger charge is -2.38. The normalized spacial score (nSPS) is 30.0. The summed E-state index contributed by atoms with van der Waals surface area (Å²) in [6.07, 6.45) is 3.82. The number of unbranched alkanes of at least 4 members (excludes halogenated alkanes) is 2. The molecule has 2 N–H and O–H groups in total. The summed E-state index contributed by atoms with van der Waals surface area (Å²) >= 11 is 0. The first-order chi connectivity index (χ1) is 5.33. The molecule has 3 heteroatoms. The molecule has 0 spiro atoms. The Morgan fingerprint density at radius 3 is 2.73 bits per heavy atom. The first-order valence-corrected chi connectivity index (χ1v) is 4.58. The summed E-state index contributed by atoms with van der Waals surface area (Å²) in [6.45, 7) is 4.83. The van der Waals surface area contributed by atoms with E-state index < -0.39 is 0 Å².